The lowest BCUT2D eigenvalue weighted by Crippen LogP contribution is -2.51. The van der Waals surface area contributed by atoms with Crippen LogP contribution in [0.1, 0.15) is 50.2 Å². The van der Waals surface area contributed by atoms with Gasteiger partial charge in [0.05, 0.1) is 6.42 Å². The molecule has 154 valence electrons. The van der Waals surface area contributed by atoms with Crippen molar-refractivity contribution < 1.29 is 14.0 Å². The zero-order valence-corrected chi connectivity index (χ0v) is 16.9. The number of hydrogen-bond donors (Lipinski definition) is 1. The van der Waals surface area contributed by atoms with Crippen LogP contribution in [-0.2, 0) is 22.6 Å². The number of hydrogen-bond acceptors (Lipinski definition) is 2. The summed E-state index contributed by atoms with van der Waals surface area (Å²) in [5.41, 5.74) is 1.72. The minimum absolute atomic E-state index is 0.0808. The van der Waals surface area contributed by atoms with E-state index >= 15 is 0 Å². The molecule has 3 rings (SSSR count). The first-order valence-electron chi connectivity index (χ1n) is 10.4. The summed E-state index contributed by atoms with van der Waals surface area (Å²) in [4.78, 5) is 27.9. The highest BCUT2D eigenvalue weighted by atomic mass is 19.1. The molecule has 2 aromatic rings. The molecule has 1 atom stereocenters. The lowest BCUT2D eigenvalue weighted by molar-refractivity contribution is -0.141. The molecule has 0 saturated heterocycles. The Morgan fingerprint density at radius 2 is 1.69 bits per heavy atom. The van der Waals surface area contributed by atoms with Gasteiger partial charge in [-0.25, -0.2) is 4.39 Å². The summed E-state index contributed by atoms with van der Waals surface area (Å²) in [7, 11) is 0. The molecule has 0 aliphatic heterocycles. The van der Waals surface area contributed by atoms with Crippen LogP contribution in [0.4, 0.5) is 4.39 Å². The van der Waals surface area contributed by atoms with Crippen LogP contribution >= 0.6 is 0 Å². The van der Waals surface area contributed by atoms with Gasteiger partial charge in [-0.15, -0.1) is 0 Å². The van der Waals surface area contributed by atoms with Gasteiger partial charge in [-0.1, -0.05) is 62.2 Å². The van der Waals surface area contributed by atoms with Crippen LogP contribution in [0, 0.1) is 5.82 Å². The average Bonchev–Trinajstić information content (AvgIpc) is 3.23. The van der Waals surface area contributed by atoms with E-state index < -0.39 is 6.04 Å². The van der Waals surface area contributed by atoms with E-state index in [1.165, 1.54) is 12.1 Å². The first-order valence-corrected chi connectivity index (χ1v) is 10.4. The first kappa shape index (κ1) is 21.0. The number of nitrogens with zero attached hydrogens (tertiary/aromatic N) is 1. The average molecular weight is 397 g/mol. The van der Waals surface area contributed by atoms with Crippen molar-refractivity contribution in [2.24, 2.45) is 0 Å². The summed E-state index contributed by atoms with van der Waals surface area (Å²) in [5, 5.41) is 3.14. The topological polar surface area (TPSA) is 49.4 Å². The molecular formula is C24H29FN2O2. The van der Waals surface area contributed by atoms with E-state index in [1.807, 2.05) is 37.3 Å². The minimum Gasteiger partial charge on any atom is -0.352 e. The van der Waals surface area contributed by atoms with E-state index in [1.54, 1.807) is 17.0 Å². The minimum atomic E-state index is -0.524. The molecule has 29 heavy (non-hydrogen) atoms. The molecule has 5 heteroatoms. The van der Waals surface area contributed by atoms with Crippen molar-refractivity contribution in [1.82, 2.24) is 10.2 Å². The molecule has 1 fully saturated rings. The van der Waals surface area contributed by atoms with E-state index in [0.29, 0.717) is 13.0 Å². The van der Waals surface area contributed by atoms with Gasteiger partial charge in [0.25, 0.3) is 0 Å². The van der Waals surface area contributed by atoms with Crippen LogP contribution in [0.5, 0.6) is 0 Å². The Kier molecular flexibility index (Phi) is 7.39. The van der Waals surface area contributed by atoms with Crippen LogP contribution in [0.2, 0.25) is 0 Å². The van der Waals surface area contributed by atoms with Gasteiger partial charge in [-0.2, -0.15) is 0 Å². The van der Waals surface area contributed by atoms with E-state index in [4.69, 9.17) is 0 Å². The molecule has 2 aromatic carbocycles. The van der Waals surface area contributed by atoms with Gasteiger partial charge in [-0.05, 0) is 42.5 Å². The fraction of sp³-hybridized carbons (Fsp3) is 0.417. The molecule has 2 amide bonds. The number of benzene rings is 2. The Morgan fingerprint density at radius 1 is 1.03 bits per heavy atom. The molecule has 4 nitrogen and oxygen atoms in total. The van der Waals surface area contributed by atoms with Crippen molar-refractivity contribution >= 4 is 11.8 Å². The molecule has 0 spiro atoms. The number of amides is 2. The maximum atomic E-state index is 13.2. The van der Waals surface area contributed by atoms with Gasteiger partial charge in [0.2, 0.25) is 11.8 Å². The van der Waals surface area contributed by atoms with E-state index in [-0.39, 0.29) is 30.1 Å². The van der Waals surface area contributed by atoms with E-state index in [0.717, 1.165) is 36.8 Å². The Balaban J connectivity index is 1.78. The smallest absolute Gasteiger partial charge is 0.243 e. The Bertz CT molecular complexity index is 801. The van der Waals surface area contributed by atoms with Crippen molar-refractivity contribution in [1.29, 1.82) is 0 Å². The van der Waals surface area contributed by atoms with Crippen molar-refractivity contribution in [3.63, 3.8) is 0 Å². The molecule has 0 radical (unpaired) electrons. The Morgan fingerprint density at radius 3 is 2.31 bits per heavy atom. The summed E-state index contributed by atoms with van der Waals surface area (Å²) < 4.78 is 13.2. The van der Waals surface area contributed by atoms with E-state index in [2.05, 4.69) is 5.32 Å². The van der Waals surface area contributed by atoms with E-state index in [9.17, 15) is 14.0 Å². The summed E-state index contributed by atoms with van der Waals surface area (Å²) in [6, 6.07) is 15.3. The summed E-state index contributed by atoms with van der Waals surface area (Å²) in [5.74, 6) is -0.540. The lowest BCUT2D eigenvalue weighted by atomic mass is 10.1. The lowest BCUT2D eigenvalue weighted by Gasteiger charge is -2.31. The van der Waals surface area contributed by atoms with Gasteiger partial charge in [-0.3, -0.25) is 9.59 Å². The third-order valence-electron chi connectivity index (χ3n) is 5.55. The second-order valence-corrected chi connectivity index (χ2v) is 7.72. The third kappa shape index (κ3) is 5.89. The maximum Gasteiger partial charge on any atom is 0.243 e. The number of carbonyl (C=O) groups is 2. The second-order valence-electron chi connectivity index (χ2n) is 7.72. The van der Waals surface area contributed by atoms with Gasteiger partial charge < -0.3 is 10.2 Å². The Hall–Kier alpha value is -2.69. The van der Waals surface area contributed by atoms with Crippen molar-refractivity contribution in [2.45, 2.75) is 64.1 Å². The van der Waals surface area contributed by atoms with Gasteiger partial charge in [0.15, 0.2) is 0 Å². The molecule has 0 bridgehead atoms. The maximum absolute atomic E-state index is 13.2. The molecule has 0 aromatic heterocycles. The van der Waals surface area contributed by atoms with Crippen LogP contribution in [-0.4, -0.2) is 28.8 Å². The Labute approximate surface area is 172 Å². The molecule has 0 heterocycles. The third-order valence-corrected chi connectivity index (χ3v) is 5.55. The first-order chi connectivity index (χ1) is 14.1. The van der Waals surface area contributed by atoms with Crippen LogP contribution in [0.15, 0.2) is 54.6 Å². The van der Waals surface area contributed by atoms with Gasteiger partial charge in [0, 0.05) is 12.6 Å². The zero-order valence-electron chi connectivity index (χ0n) is 16.9. The largest absolute Gasteiger partial charge is 0.352 e. The SMILES string of the molecule is CC[C@@H](C(=O)NC1CCCC1)N(Cc1ccccc1)C(=O)Cc1ccc(F)cc1. The summed E-state index contributed by atoms with van der Waals surface area (Å²) in [6.45, 7) is 2.31. The fourth-order valence-corrected chi connectivity index (χ4v) is 3.95. The molecular weight excluding hydrogens is 367 g/mol. The molecule has 1 aliphatic carbocycles. The highest BCUT2D eigenvalue weighted by Crippen LogP contribution is 2.20. The van der Waals surface area contributed by atoms with Gasteiger partial charge >= 0.3 is 0 Å². The van der Waals surface area contributed by atoms with Crippen LogP contribution < -0.4 is 5.32 Å². The quantitative estimate of drug-likeness (QED) is 0.726. The standard InChI is InChI=1S/C24H29FN2O2/c1-2-22(24(29)26-21-10-6-7-11-21)27(17-19-8-4-3-5-9-19)23(28)16-18-12-14-20(25)15-13-18/h3-5,8-9,12-15,21-22H,2,6-7,10-11,16-17H2,1H3,(H,26,29)/t22-/m0/s1. The monoisotopic (exact) mass is 396 g/mol. The number of nitrogens with one attached hydrogen (secondary N) is 1. The normalized spacial score (nSPS) is 15.1. The molecule has 1 aliphatic rings. The summed E-state index contributed by atoms with van der Waals surface area (Å²) in [6.07, 6.45) is 4.97. The van der Waals surface area contributed by atoms with Crippen molar-refractivity contribution in [3.8, 4) is 0 Å². The number of carbonyl (C=O) groups excluding carboxylic acids is 2. The van der Waals surface area contributed by atoms with Gasteiger partial charge in [0.1, 0.15) is 11.9 Å². The number of halogens is 1. The highest BCUT2D eigenvalue weighted by molar-refractivity contribution is 5.88. The van der Waals surface area contributed by atoms with Crippen LogP contribution in [0.3, 0.4) is 0 Å². The molecule has 0 unspecified atom stereocenters. The second kappa shape index (κ2) is 10.2. The molecule has 1 N–H and O–H groups in total. The highest BCUT2D eigenvalue weighted by Gasteiger charge is 2.30. The van der Waals surface area contributed by atoms with Crippen LogP contribution in [0.25, 0.3) is 0 Å². The predicted molar refractivity (Wildman–Crippen MR) is 112 cm³/mol. The predicted octanol–water partition coefficient (Wildman–Crippen LogP) is 4.23. The zero-order chi connectivity index (χ0) is 20.6. The summed E-state index contributed by atoms with van der Waals surface area (Å²) >= 11 is 0. The fourth-order valence-electron chi connectivity index (χ4n) is 3.95. The van der Waals surface area contributed by atoms with Crippen molar-refractivity contribution in [2.75, 3.05) is 0 Å². The van der Waals surface area contributed by atoms with Crippen molar-refractivity contribution in [3.05, 3.63) is 71.5 Å². The molecule has 1 saturated carbocycles. The number of rotatable bonds is 8.